The van der Waals surface area contributed by atoms with Crippen molar-refractivity contribution in [1.29, 1.82) is 0 Å². The molecular weight excluding hydrogens is 264 g/mol. The Kier molecular flexibility index (Phi) is 5.63. The van der Waals surface area contributed by atoms with E-state index in [2.05, 4.69) is 36.8 Å². The normalized spacial score (nSPS) is 24.6. The number of thioether (sulfide) groups is 2. The fourth-order valence-electron chi connectivity index (χ4n) is 1.65. The molecule has 1 aromatic carbocycles. The lowest BCUT2D eigenvalue weighted by Gasteiger charge is -2.26. The molecule has 4 heteroatoms. The third kappa shape index (κ3) is 4.05. The summed E-state index contributed by atoms with van der Waals surface area (Å²) in [4.78, 5) is 1.28. The lowest BCUT2D eigenvalue weighted by molar-refractivity contribution is -0.145. The van der Waals surface area contributed by atoms with E-state index in [0.29, 0.717) is 5.25 Å². The molecule has 2 rings (SSSR count). The van der Waals surface area contributed by atoms with Gasteiger partial charge in [0, 0.05) is 4.90 Å². The van der Waals surface area contributed by atoms with Gasteiger partial charge in [0.2, 0.25) is 0 Å². The molecule has 0 radical (unpaired) electrons. The Morgan fingerprint density at radius 1 is 1.11 bits per heavy atom. The van der Waals surface area contributed by atoms with Crippen LogP contribution in [-0.4, -0.2) is 37.3 Å². The average Bonchev–Trinajstić information content (AvgIpc) is 2.46. The Hall–Kier alpha value is -0.420. The molecule has 0 atom stereocenters. The highest BCUT2D eigenvalue weighted by Gasteiger charge is 2.18. The van der Waals surface area contributed by atoms with Gasteiger partial charge in [0.15, 0.2) is 6.29 Å². The fraction of sp³-hybridized carbons (Fsp3) is 0.429. The molecule has 0 spiro atoms. The van der Waals surface area contributed by atoms with Gasteiger partial charge in [-0.3, -0.25) is 0 Å². The highest BCUT2D eigenvalue weighted by atomic mass is 32.2. The summed E-state index contributed by atoms with van der Waals surface area (Å²) in [5.74, 6) is 0. The van der Waals surface area contributed by atoms with Crippen LogP contribution in [0.4, 0.5) is 0 Å². The van der Waals surface area contributed by atoms with Crippen molar-refractivity contribution in [2.75, 3.05) is 25.7 Å². The van der Waals surface area contributed by atoms with Crippen molar-refractivity contribution in [3.05, 3.63) is 35.9 Å². The van der Waals surface area contributed by atoms with Gasteiger partial charge in [0.1, 0.15) is 0 Å². The van der Waals surface area contributed by atoms with Crippen molar-refractivity contribution in [1.82, 2.24) is 0 Å². The number of hydrogen-bond donors (Lipinski definition) is 0. The van der Waals surface area contributed by atoms with Crippen molar-refractivity contribution < 1.29 is 9.47 Å². The van der Waals surface area contributed by atoms with Crippen LogP contribution in [0.3, 0.4) is 0 Å². The van der Waals surface area contributed by atoms with Gasteiger partial charge < -0.3 is 9.47 Å². The van der Waals surface area contributed by atoms with E-state index < -0.39 is 0 Å². The van der Waals surface area contributed by atoms with E-state index >= 15 is 0 Å². The molecule has 0 amide bonds. The van der Waals surface area contributed by atoms with Gasteiger partial charge in [-0.2, -0.15) is 11.8 Å². The second kappa shape index (κ2) is 7.24. The maximum atomic E-state index is 5.61. The third-order valence-electron chi connectivity index (χ3n) is 2.79. The zero-order chi connectivity index (χ0) is 12.8. The summed E-state index contributed by atoms with van der Waals surface area (Å²) in [5.41, 5.74) is 1.17. The van der Waals surface area contributed by atoms with Crippen molar-refractivity contribution in [3.8, 4) is 0 Å². The predicted octanol–water partition coefficient (Wildman–Crippen LogP) is 3.53. The number of hydrogen-bond acceptors (Lipinski definition) is 4. The van der Waals surface area contributed by atoms with Crippen molar-refractivity contribution in [3.63, 3.8) is 0 Å². The first-order chi connectivity index (χ1) is 8.81. The molecule has 0 unspecified atom stereocenters. The molecule has 98 valence electrons. The molecule has 0 saturated carbocycles. The second-order valence-corrected chi connectivity index (χ2v) is 6.04. The van der Waals surface area contributed by atoms with E-state index in [1.165, 1.54) is 10.5 Å². The van der Waals surface area contributed by atoms with Crippen molar-refractivity contribution in [2.24, 2.45) is 0 Å². The summed E-state index contributed by atoms with van der Waals surface area (Å²) in [6.07, 6.45) is 7.99. The highest BCUT2D eigenvalue weighted by molar-refractivity contribution is 7.99. The van der Waals surface area contributed by atoms with Crippen LogP contribution in [0.15, 0.2) is 35.2 Å². The Morgan fingerprint density at radius 2 is 1.78 bits per heavy atom. The van der Waals surface area contributed by atoms with Crippen molar-refractivity contribution in [2.45, 2.75) is 16.4 Å². The van der Waals surface area contributed by atoms with Crippen LogP contribution in [0, 0.1) is 0 Å². The van der Waals surface area contributed by atoms with Gasteiger partial charge in [-0.1, -0.05) is 18.2 Å². The number of benzene rings is 1. The lowest BCUT2D eigenvalue weighted by Crippen LogP contribution is -2.32. The van der Waals surface area contributed by atoms with Crippen LogP contribution in [0.2, 0.25) is 0 Å². The Labute approximate surface area is 117 Å². The van der Waals surface area contributed by atoms with E-state index in [-0.39, 0.29) is 6.29 Å². The quantitative estimate of drug-likeness (QED) is 0.786. The molecule has 0 bridgehead atoms. The number of rotatable bonds is 4. The van der Waals surface area contributed by atoms with Gasteiger partial charge in [0.05, 0.1) is 18.5 Å². The minimum Gasteiger partial charge on any atom is -0.348 e. The second-order valence-electron chi connectivity index (χ2n) is 4.03. The first-order valence-electron chi connectivity index (χ1n) is 5.90. The van der Waals surface area contributed by atoms with Crippen LogP contribution in [0.5, 0.6) is 0 Å². The molecule has 0 aliphatic carbocycles. The molecule has 1 saturated heterocycles. The number of ether oxygens (including phenoxy) is 2. The van der Waals surface area contributed by atoms with Gasteiger partial charge in [-0.25, -0.2) is 0 Å². The first kappa shape index (κ1) is 14.0. The summed E-state index contributed by atoms with van der Waals surface area (Å²) < 4.78 is 11.2. The summed E-state index contributed by atoms with van der Waals surface area (Å²) in [7, 11) is 0. The Balaban J connectivity index is 1.86. The monoisotopic (exact) mass is 282 g/mol. The molecule has 1 aliphatic rings. The molecule has 1 aliphatic heterocycles. The molecule has 1 fully saturated rings. The minimum atomic E-state index is -0.200. The Morgan fingerprint density at radius 3 is 2.33 bits per heavy atom. The van der Waals surface area contributed by atoms with E-state index in [9.17, 15) is 0 Å². The molecule has 18 heavy (non-hydrogen) atoms. The zero-order valence-electron chi connectivity index (χ0n) is 10.7. The minimum absolute atomic E-state index is 0.200. The van der Waals surface area contributed by atoms with E-state index in [0.717, 1.165) is 13.2 Å². The largest absolute Gasteiger partial charge is 0.348 e. The standard InChI is InChI=1S/C14H18O2S2/c1-17-12-6-3-11(4-7-12)5-8-14-15-9-13(18-2)10-16-14/h3-8,13-14H,9-10H2,1-2H3/b8-5+. The molecule has 1 heterocycles. The van der Waals surface area contributed by atoms with E-state index in [1.54, 1.807) is 23.5 Å². The van der Waals surface area contributed by atoms with Gasteiger partial charge in [-0.15, -0.1) is 11.8 Å². The van der Waals surface area contributed by atoms with Crippen LogP contribution in [0.1, 0.15) is 5.56 Å². The summed E-state index contributed by atoms with van der Waals surface area (Å²) >= 11 is 3.54. The van der Waals surface area contributed by atoms with Crippen LogP contribution < -0.4 is 0 Å². The third-order valence-corrected chi connectivity index (χ3v) is 4.47. The van der Waals surface area contributed by atoms with Gasteiger partial charge in [-0.05, 0) is 36.3 Å². The summed E-state index contributed by atoms with van der Waals surface area (Å²) in [6, 6.07) is 8.46. The van der Waals surface area contributed by atoms with Crippen molar-refractivity contribution >= 4 is 29.6 Å². The van der Waals surface area contributed by atoms with Crippen LogP contribution >= 0.6 is 23.5 Å². The maximum Gasteiger partial charge on any atom is 0.177 e. The molecule has 1 aromatic rings. The van der Waals surface area contributed by atoms with E-state index in [1.807, 2.05) is 12.2 Å². The lowest BCUT2D eigenvalue weighted by atomic mass is 10.2. The predicted molar refractivity (Wildman–Crippen MR) is 80.3 cm³/mol. The van der Waals surface area contributed by atoms with Gasteiger partial charge >= 0.3 is 0 Å². The summed E-state index contributed by atoms with van der Waals surface area (Å²) in [6.45, 7) is 1.53. The zero-order valence-corrected chi connectivity index (χ0v) is 12.3. The topological polar surface area (TPSA) is 18.5 Å². The molecule has 0 N–H and O–H groups in total. The Bertz CT molecular complexity index is 381. The van der Waals surface area contributed by atoms with E-state index in [4.69, 9.17) is 9.47 Å². The van der Waals surface area contributed by atoms with Gasteiger partial charge in [0.25, 0.3) is 0 Å². The average molecular weight is 282 g/mol. The van der Waals surface area contributed by atoms with Crippen LogP contribution in [0.25, 0.3) is 6.08 Å². The maximum absolute atomic E-state index is 5.61. The van der Waals surface area contributed by atoms with Crippen LogP contribution in [-0.2, 0) is 9.47 Å². The SMILES string of the molecule is CSc1ccc(/C=C/C2OCC(SC)CO2)cc1. The smallest absolute Gasteiger partial charge is 0.177 e. The molecule has 2 nitrogen and oxygen atoms in total. The fourth-order valence-corrected chi connectivity index (χ4v) is 2.49. The first-order valence-corrected chi connectivity index (χ1v) is 8.41. The summed E-state index contributed by atoms with van der Waals surface area (Å²) in [5, 5.41) is 0.468. The highest BCUT2D eigenvalue weighted by Crippen LogP contribution is 2.18. The molecule has 0 aromatic heterocycles. The molecular formula is C14H18O2S2.